The zero-order valence-electron chi connectivity index (χ0n) is 13.3. The molecule has 7 nitrogen and oxygen atoms in total. The number of hydrogen-bond donors (Lipinski definition) is 2. The maximum atomic E-state index is 11.9. The van der Waals surface area contributed by atoms with Gasteiger partial charge in [0.1, 0.15) is 0 Å². The minimum absolute atomic E-state index is 0.241. The van der Waals surface area contributed by atoms with E-state index in [1.807, 2.05) is 48.0 Å². The van der Waals surface area contributed by atoms with Crippen molar-refractivity contribution in [1.29, 1.82) is 0 Å². The van der Waals surface area contributed by atoms with Gasteiger partial charge in [0.2, 0.25) is 0 Å². The predicted octanol–water partition coefficient (Wildman–Crippen LogP) is 2.47. The van der Waals surface area contributed by atoms with E-state index in [0.29, 0.717) is 24.6 Å². The highest BCUT2D eigenvalue weighted by molar-refractivity contribution is 5.89. The zero-order valence-corrected chi connectivity index (χ0v) is 13.3. The number of anilines is 1. The lowest BCUT2D eigenvalue weighted by atomic mass is 10.2. The van der Waals surface area contributed by atoms with Gasteiger partial charge in [-0.25, -0.2) is 19.7 Å². The van der Waals surface area contributed by atoms with Gasteiger partial charge in [-0.05, 0) is 37.3 Å². The van der Waals surface area contributed by atoms with Gasteiger partial charge in [-0.2, -0.15) is 0 Å². The second-order valence-electron chi connectivity index (χ2n) is 5.28. The molecule has 2 N–H and O–H groups in total. The molecule has 0 unspecified atom stereocenters. The van der Waals surface area contributed by atoms with Crippen LogP contribution in [0.3, 0.4) is 0 Å². The standard InChI is InChI=1S/C17H18N6O/c1-13-6-7-19-16(21-13)14-2-4-15(5-3-14)22-17(24)20-9-11-23-10-8-18-12-23/h2-8,10,12H,9,11H2,1H3,(H2,20,22,24). The Kier molecular flexibility index (Phi) is 4.81. The van der Waals surface area contributed by atoms with Gasteiger partial charge in [-0.1, -0.05) is 0 Å². The summed E-state index contributed by atoms with van der Waals surface area (Å²) in [6, 6.07) is 9.04. The van der Waals surface area contributed by atoms with E-state index < -0.39 is 0 Å². The first-order valence-electron chi connectivity index (χ1n) is 7.61. The molecule has 3 rings (SSSR count). The quantitative estimate of drug-likeness (QED) is 0.756. The fourth-order valence-corrected chi connectivity index (χ4v) is 2.18. The fraction of sp³-hybridized carbons (Fsp3) is 0.176. The molecule has 0 radical (unpaired) electrons. The molecule has 0 aliphatic carbocycles. The van der Waals surface area contributed by atoms with Crippen LogP contribution in [0.4, 0.5) is 10.5 Å². The maximum absolute atomic E-state index is 11.9. The largest absolute Gasteiger partial charge is 0.336 e. The van der Waals surface area contributed by atoms with Crippen LogP contribution in [0.25, 0.3) is 11.4 Å². The number of nitrogens with zero attached hydrogens (tertiary/aromatic N) is 4. The summed E-state index contributed by atoms with van der Waals surface area (Å²) in [4.78, 5) is 24.4. The first-order valence-corrected chi connectivity index (χ1v) is 7.61. The Balaban J connectivity index is 1.53. The van der Waals surface area contributed by atoms with Gasteiger partial charge < -0.3 is 15.2 Å². The van der Waals surface area contributed by atoms with Crippen LogP contribution in [0.15, 0.2) is 55.2 Å². The van der Waals surface area contributed by atoms with Crippen LogP contribution in [0.2, 0.25) is 0 Å². The summed E-state index contributed by atoms with van der Waals surface area (Å²) in [7, 11) is 0. The van der Waals surface area contributed by atoms with Crippen molar-refractivity contribution in [2.45, 2.75) is 13.5 Å². The number of imidazole rings is 1. The van der Waals surface area contributed by atoms with Crippen molar-refractivity contribution in [3.63, 3.8) is 0 Å². The summed E-state index contributed by atoms with van der Waals surface area (Å²) >= 11 is 0. The van der Waals surface area contributed by atoms with E-state index in [2.05, 4.69) is 25.6 Å². The Labute approximate surface area is 139 Å². The van der Waals surface area contributed by atoms with Gasteiger partial charge in [0.25, 0.3) is 0 Å². The molecule has 0 saturated heterocycles. The highest BCUT2D eigenvalue weighted by Crippen LogP contribution is 2.17. The number of aryl methyl sites for hydroxylation is 1. The predicted molar refractivity (Wildman–Crippen MR) is 91.5 cm³/mol. The van der Waals surface area contributed by atoms with E-state index in [4.69, 9.17) is 0 Å². The average Bonchev–Trinajstić information content (AvgIpc) is 3.09. The van der Waals surface area contributed by atoms with Gasteiger partial charge in [0, 0.05) is 48.6 Å². The molecule has 0 aliphatic heterocycles. The molecule has 2 amide bonds. The molecule has 0 aliphatic rings. The van der Waals surface area contributed by atoms with Crippen molar-refractivity contribution >= 4 is 11.7 Å². The number of benzene rings is 1. The Morgan fingerprint density at radius 3 is 2.71 bits per heavy atom. The van der Waals surface area contributed by atoms with E-state index in [-0.39, 0.29) is 6.03 Å². The van der Waals surface area contributed by atoms with Crippen molar-refractivity contribution in [3.05, 3.63) is 60.9 Å². The normalized spacial score (nSPS) is 10.4. The van der Waals surface area contributed by atoms with E-state index in [1.54, 1.807) is 18.7 Å². The Bertz CT molecular complexity index is 798. The molecule has 0 fully saturated rings. The maximum Gasteiger partial charge on any atom is 0.319 e. The number of hydrogen-bond acceptors (Lipinski definition) is 4. The van der Waals surface area contributed by atoms with Crippen LogP contribution < -0.4 is 10.6 Å². The average molecular weight is 322 g/mol. The number of nitrogens with one attached hydrogen (secondary N) is 2. The third-order valence-corrected chi connectivity index (χ3v) is 3.41. The summed E-state index contributed by atoms with van der Waals surface area (Å²) in [6.45, 7) is 3.13. The molecule has 7 heteroatoms. The SMILES string of the molecule is Cc1ccnc(-c2ccc(NC(=O)NCCn3ccnc3)cc2)n1. The molecule has 122 valence electrons. The van der Waals surface area contributed by atoms with Crippen molar-refractivity contribution in [3.8, 4) is 11.4 Å². The molecular formula is C17H18N6O. The summed E-state index contributed by atoms with van der Waals surface area (Å²) in [5, 5.41) is 5.60. The van der Waals surface area contributed by atoms with E-state index >= 15 is 0 Å². The van der Waals surface area contributed by atoms with E-state index in [1.165, 1.54) is 0 Å². The van der Waals surface area contributed by atoms with Gasteiger partial charge in [0.05, 0.1) is 6.33 Å². The molecule has 3 aromatic rings. The van der Waals surface area contributed by atoms with Crippen LogP contribution in [0.5, 0.6) is 0 Å². The van der Waals surface area contributed by atoms with E-state index in [9.17, 15) is 4.79 Å². The van der Waals surface area contributed by atoms with E-state index in [0.717, 1.165) is 11.3 Å². The lowest BCUT2D eigenvalue weighted by Gasteiger charge is -2.08. The number of aromatic nitrogens is 4. The van der Waals surface area contributed by atoms with Gasteiger partial charge in [-0.15, -0.1) is 0 Å². The molecule has 1 aromatic carbocycles. The molecule has 0 atom stereocenters. The second-order valence-corrected chi connectivity index (χ2v) is 5.28. The first-order chi connectivity index (χ1) is 11.7. The number of amides is 2. The monoisotopic (exact) mass is 322 g/mol. The van der Waals surface area contributed by atoms with Crippen LogP contribution in [0, 0.1) is 6.92 Å². The lowest BCUT2D eigenvalue weighted by Crippen LogP contribution is -2.31. The highest BCUT2D eigenvalue weighted by atomic mass is 16.2. The topological polar surface area (TPSA) is 84.7 Å². The molecule has 2 heterocycles. The molecule has 24 heavy (non-hydrogen) atoms. The van der Waals surface area contributed by atoms with Crippen LogP contribution in [-0.4, -0.2) is 32.1 Å². The molecule has 0 saturated carbocycles. The number of urea groups is 1. The van der Waals surface area contributed by atoms with Gasteiger partial charge in [-0.3, -0.25) is 0 Å². The van der Waals surface area contributed by atoms with Crippen LogP contribution >= 0.6 is 0 Å². The van der Waals surface area contributed by atoms with Gasteiger partial charge in [0.15, 0.2) is 5.82 Å². The Morgan fingerprint density at radius 2 is 2.00 bits per heavy atom. The summed E-state index contributed by atoms with van der Waals surface area (Å²) in [5.41, 5.74) is 2.54. The number of rotatable bonds is 5. The zero-order chi connectivity index (χ0) is 16.8. The summed E-state index contributed by atoms with van der Waals surface area (Å²) < 4.78 is 1.90. The summed E-state index contributed by atoms with van der Waals surface area (Å²) in [5.74, 6) is 0.673. The van der Waals surface area contributed by atoms with Crippen molar-refractivity contribution in [2.24, 2.45) is 0 Å². The summed E-state index contributed by atoms with van der Waals surface area (Å²) in [6.07, 6.45) is 7.01. The minimum Gasteiger partial charge on any atom is -0.336 e. The molecule has 0 bridgehead atoms. The molecule has 2 aromatic heterocycles. The molecule has 0 spiro atoms. The second kappa shape index (κ2) is 7.36. The van der Waals surface area contributed by atoms with Crippen LogP contribution in [-0.2, 0) is 6.54 Å². The van der Waals surface area contributed by atoms with Crippen molar-refractivity contribution < 1.29 is 4.79 Å². The van der Waals surface area contributed by atoms with Gasteiger partial charge >= 0.3 is 6.03 Å². The van der Waals surface area contributed by atoms with Crippen LogP contribution in [0.1, 0.15) is 5.69 Å². The fourth-order valence-electron chi connectivity index (χ4n) is 2.18. The molecular weight excluding hydrogens is 304 g/mol. The first kappa shape index (κ1) is 15.7. The smallest absolute Gasteiger partial charge is 0.319 e. The minimum atomic E-state index is -0.241. The number of carbonyl (C=O) groups is 1. The highest BCUT2D eigenvalue weighted by Gasteiger charge is 2.04. The lowest BCUT2D eigenvalue weighted by molar-refractivity contribution is 0.251. The third kappa shape index (κ3) is 4.16. The van der Waals surface area contributed by atoms with Crippen molar-refractivity contribution in [1.82, 2.24) is 24.8 Å². The van der Waals surface area contributed by atoms with Crippen molar-refractivity contribution in [2.75, 3.05) is 11.9 Å². The Morgan fingerprint density at radius 1 is 1.17 bits per heavy atom. The Hall–Kier alpha value is -3.22. The third-order valence-electron chi connectivity index (χ3n) is 3.41. The number of carbonyl (C=O) groups excluding carboxylic acids is 1.